The third-order valence-electron chi connectivity index (χ3n) is 3.91. The number of nitrogens with zero attached hydrogens (tertiary/aromatic N) is 5. The van der Waals surface area contributed by atoms with Gasteiger partial charge in [0, 0.05) is 18.1 Å². The van der Waals surface area contributed by atoms with Crippen molar-refractivity contribution >= 4 is 23.4 Å². The molecule has 0 bridgehead atoms. The molecule has 0 atom stereocenters. The van der Waals surface area contributed by atoms with E-state index in [1.54, 1.807) is 48.4 Å². The van der Waals surface area contributed by atoms with Gasteiger partial charge in [-0.2, -0.15) is 10.2 Å². The topological polar surface area (TPSA) is 107 Å². The van der Waals surface area contributed by atoms with Crippen LogP contribution >= 0.6 is 0 Å². The molecule has 0 saturated heterocycles. The number of hydrogen-bond donors (Lipinski definition) is 2. The zero-order valence-corrected chi connectivity index (χ0v) is 16.5. The lowest BCUT2D eigenvalue weighted by Gasteiger charge is -2.15. The Kier molecular flexibility index (Phi) is 4.76. The summed E-state index contributed by atoms with van der Waals surface area (Å²) in [7, 11) is 3.27. The largest absolute Gasteiger partial charge is 0.494 e. The molecule has 1 amide bonds. The van der Waals surface area contributed by atoms with Crippen LogP contribution in [0.5, 0.6) is 5.75 Å². The molecule has 0 aliphatic carbocycles. The maximum atomic E-state index is 12.6. The number of aryl methyl sites for hydroxylation is 1. The standard InChI is InChI=1S/C20H23N7O2/c1-12(2)9-13-10-16(17(25-24-13)20(28)21-3)23-15-8-6-7-14(18(15)29-5)19-22-11-27(4)26-19/h6-11H,1-5H3,(H,21,28)(H,23,24)/i3D3. The molecule has 0 fully saturated rings. The Morgan fingerprint density at radius 1 is 1.28 bits per heavy atom. The molecule has 0 saturated carbocycles. The SMILES string of the molecule is [2H]C([2H])([2H])NC(=O)c1nnc(C=C(C)C)cc1Nc1cccc(-c2ncn(C)n2)c1OC. The van der Waals surface area contributed by atoms with Gasteiger partial charge in [0.15, 0.2) is 17.3 Å². The Hall–Kier alpha value is -3.75. The number of ether oxygens (including phenoxy) is 1. The lowest BCUT2D eigenvalue weighted by atomic mass is 10.1. The lowest BCUT2D eigenvalue weighted by molar-refractivity contribution is 0.0958. The van der Waals surface area contributed by atoms with Gasteiger partial charge in [0.2, 0.25) is 0 Å². The summed E-state index contributed by atoms with van der Waals surface area (Å²) >= 11 is 0. The zero-order valence-electron chi connectivity index (χ0n) is 19.5. The number of nitrogens with one attached hydrogen (secondary N) is 2. The van der Waals surface area contributed by atoms with Crippen LogP contribution in [0, 0.1) is 0 Å². The van der Waals surface area contributed by atoms with Crippen molar-refractivity contribution in [2.75, 3.05) is 19.4 Å². The van der Waals surface area contributed by atoms with Gasteiger partial charge >= 0.3 is 0 Å². The number of benzene rings is 1. The fraction of sp³-hybridized carbons (Fsp3) is 0.250. The average Bonchev–Trinajstić information content (AvgIpc) is 3.12. The highest BCUT2D eigenvalue weighted by Gasteiger charge is 2.18. The van der Waals surface area contributed by atoms with Gasteiger partial charge in [-0.15, -0.1) is 5.10 Å². The molecule has 0 aliphatic heterocycles. The number of methoxy groups -OCH3 is 1. The normalized spacial score (nSPS) is 12.3. The first-order valence-electron chi connectivity index (χ1n) is 10.2. The van der Waals surface area contributed by atoms with Gasteiger partial charge < -0.3 is 15.4 Å². The van der Waals surface area contributed by atoms with Crippen LogP contribution in [0.15, 0.2) is 36.2 Å². The second-order valence-corrected chi connectivity index (χ2v) is 6.46. The third kappa shape index (κ3) is 4.40. The van der Waals surface area contributed by atoms with E-state index in [0.717, 1.165) is 5.57 Å². The zero-order chi connectivity index (χ0) is 23.5. The Labute approximate surface area is 173 Å². The quantitative estimate of drug-likeness (QED) is 0.660. The number of para-hydroxylation sites is 1. The van der Waals surface area contributed by atoms with Crippen molar-refractivity contribution in [2.24, 2.45) is 7.05 Å². The molecule has 3 aromatic rings. The van der Waals surface area contributed by atoms with E-state index >= 15 is 0 Å². The van der Waals surface area contributed by atoms with Crippen LogP contribution < -0.4 is 15.4 Å². The molecule has 9 heteroatoms. The minimum absolute atomic E-state index is 0.171. The van der Waals surface area contributed by atoms with E-state index in [1.165, 1.54) is 7.11 Å². The molecular weight excluding hydrogens is 370 g/mol. The highest BCUT2D eigenvalue weighted by molar-refractivity contribution is 5.98. The molecule has 9 nitrogen and oxygen atoms in total. The summed E-state index contributed by atoms with van der Waals surface area (Å²) in [5.74, 6) is 0.0261. The van der Waals surface area contributed by atoms with E-state index in [-0.39, 0.29) is 11.4 Å². The lowest BCUT2D eigenvalue weighted by Crippen LogP contribution is -2.21. The fourth-order valence-electron chi connectivity index (χ4n) is 2.73. The Bertz CT molecular complexity index is 1170. The minimum Gasteiger partial charge on any atom is -0.494 e. The first-order chi connectivity index (χ1) is 15.1. The number of carbonyl (C=O) groups excluding carboxylic acids is 1. The Morgan fingerprint density at radius 3 is 2.76 bits per heavy atom. The predicted octanol–water partition coefficient (Wildman–Crippen LogP) is 2.81. The molecule has 1 aromatic carbocycles. The van der Waals surface area contributed by atoms with Crippen molar-refractivity contribution in [2.45, 2.75) is 13.8 Å². The average molecular weight is 396 g/mol. The molecule has 0 radical (unpaired) electrons. The Morgan fingerprint density at radius 2 is 2.10 bits per heavy atom. The van der Waals surface area contributed by atoms with Crippen molar-refractivity contribution in [3.63, 3.8) is 0 Å². The van der Waals surface area contributed by atoms with Crippen molar-refractivity contribution in [1.29, 1.82) is 0 Å². The Balaban J connectivity index is 2.08. The van der Waals surface area contributed by atoms with Crippen molar-refractivity contribution in [3.05, 3.63) is 47.6 Å². The van der Waals surface area contributed by atoms with E-state index in [9.17, 15) is 4.79 Å². The molecule has 29 heavy (non-hydrogen) atoms. The number of anilines is 2. The van der Waals surface area contributed by atoms with Gasteiger partial charge in [0.05, 0.1) is 29.7 Å². The summed E-state index contributed by atoms with van der Waals surface area (Å²) in [6, 6.07) is 6.95. The van der Waals surface area contributed by atoms with Crippen LogP contribution in [-0.4, -0.2) is 45.0 Å². The summed E-state index contributed by atoms with van der Waals surface area (Å²) < 4.78 is 29.1. The number of allylic oxidation sites excluding steroid dienone is 1. The third-order valence-corrected chi connectivity index (χ3v) is 3.91. The van der Waals surface area contributed by atoms with Gasteiger partial charge in [-0.1, -0.05) is 11.6 Å². The molecular formula is C20H23N7O2. The van der Waals surface area contributed by atoms with E-state index in [2.05, 4.69) is 25.6 Å². The molecule has 150 valence electrons. The number of aromatic nitrogens is 5. The molecule has 2 N–H and O–H groups in total. The highest BCUT2D eigenvalue weighted by Crippen LogP contribution is 2.36. The van der Waals surface area contributed by atoms with Crippen LogP contribution in [-0.2, 0) is 7.05 Å². The summed E-state index contributed by atoms with van der Waals surface area (Å²) in [6.45, 7) is 1.13. The maximum absolute atomic E-state index is 12.6. The second kappa shape index (κ2) is 8.51. The van der Waals surface area contributed by atoms with Crippen molar-refractivity contribution in [3.8, 4) is 17.1 Å². The number of carbonyl (C=O) groups is 1. The van der Waals surface area contributed by atoms with E-state index in [0.29, 0.717) is 28.5 Å². The van der Waals surface area contributed by atoms with Crippen LogP contribution in [0.25, 0.3) is 17.5 Å². The number of hydrogen-bond acceptors (Lipinski definition) is 7. The molecule has 2 heterocycles. The molecule has 3 rings (SSSR count). The van der Waals surface area contributed by atoms with Gasteiger partial charge in [0.25, 0.3) is 5.91 Å². The first-order valence-corrected chi connectivity index (χ1v) is 8.72. The predicted molar refractivity (Wildman–Crippen MR) is 111 cm³/mol. The van der Waals surface area contributed by atoms with Crippen LogP contribution in [0.4, 0.5) is 11.4 Å². The van der Waals surface area contributed by atoms with Crippen molar-refractivity contribution < 1.29 is 13.6 Å². The van der Waals surface area contributed by atoms with Gasteiger partial charge in [0.1, 0.15) is 6.33 Å². The van der Waals surface area contributed by atoms with Gasteiger partial charge in [-0.25, -0.2) is 4.98 Å². The van der Waals surface area contributed by atoms with Crippen LogP contribution in [0.3, 0.4) is 0 Å². The first kappa shape index (κ1) is 16.2. The van der Waals surface area contributed by atoms with E-state index in [1.807, 2.05) is 19.2 Å². The molecule has 0 spiro atoms. The smallest absolute Gasteiger partial charge is 0.273 e. The molecule has 0 unspecified atom stereocenters. The highest BCUT2D eigenvalue weighted by atomic mass is 16.5. The summed E-state index contributed by atoms with van der Waals surface area (Å²) in [5, 5.41) is 17.4. The van der Waals surface area contributed by atoms with Crippen LogP contribution in [0.2, 0.25) is 0 Å². The van der Waals surface area contributed by atoms with Crippen LogP contribution in [0.1, 0.15) is 34.1 Å². The summed E-state index contributed by atoms with van der Waals surface area (Å²) in [6.07, 6.45) is 3.36. The molecule has 2 aromatic heterocycles. The summed E-state index contributed by atoms with van der Waals surface area (Å²) in [4.78, 5) is 16.8. The number of rotatable bonds is 6. The van der Waals surface area contributed by atoms with Gasteiger partial charge in [-0.05, 0) is 38.1 Å². The second-order valence-electron chi connectivity index (χ2n) is 6.46. The molecule has 0 aliphatic rings. The van der Waals surface area contributed by atoms with Crippen molar-refractivity contribution in [1.82, 2.24) is 30.3 Å². The summed E-state index contributed by atoms with van der Waals surface area (Å²) in [5.41, 5.74) is 2.72. The van der Waals surface area contributed by atoms with E-state index < -0.39 is 12.9 Å². The van der Waals surface area contributed by atoms with Gasteiger partial charge in [-0.3, -0.25) is 9.48 Å². The van der Waals surface area contributed by atoms with E-state index in [4.69, 9.17) is 8.85 Å². The number of amides is 1. The monoisotopic (exact) mass is 396 g/mol. The fourth-order valence-corrected chi connectivity index (χ4v) is 2.73. The minimum atomic E-state index is -2.67. The maximum Gasteiger partial charge on any atom is 0.273 e.